The number of pyridine rings is 1. The molecule has 2 N–H and O–H groups in total. The third-order valence-corrected chi connectivity index (χ3v) is 4.09. The van der Waals surface area contributed by atoms with E-state index in [4.69, 9.17) is 4.52 Å². The van der Waals surface area contributed by atoms with Crippen molar-refractivity contribution in [3.63, 3.8) is 0 Å². The minimum absolute atomic E-state index is 0.289. The monoisotopic (exact) mass is 314 g/mol. The highest BCUT2D eigenvalue weighted by molar-refractivity contribution is 6.02. The van der Waals surface area contributed by atoms with E-state index in [2.05, 4.69) is 20.8 Å². The second-order valence-corrected chi connectivity index (χ2v) is 6.04. The van der Waals surface area contributed by atoms with E-state index in [-0.39, 0.29) is 5.91 Å². The van der Waals surface area contributed by atoms with E-state index >= 15 is 0 Å². The maximum Gasteiger partial charge on any atom is 0.275 e. The van der Waals surface area contributed by atoms with E-state index in [0.717, 1.165) is 5.69 Å². The van der Waals surface area contributed by atoms with E-state index in [0.29, 0.717) is 23.3 Å². The molecule has 1 fully saturated rings. The average Bonchev–Trinajstić information content (AvgIpc) is 2.79. The molecule has 6 heteroatoms. The minimum Gasteiger partial charge on any atom is -0.382 e. The van der Waals surface area contributed by atoms with Gasteiger partial charge in [0.05, 0.1) is 0 Å². The Balaban J connectivity index is 1.65. The molecule has 0 spiro atoms. The van der Waals surface area contributed by atoms with Crippen LogP contribution in [0.5, 0.6) is 0 Å². The van der Waals surface area contributed by atoms with Gasteiger partial charge in [-0.2, -0.15) is 0 Å². The Morgan fingerprint density at radius 3 is 2.70 bits per heavy atom. The summed E-state index contributed by atoms with van der Waals surface area (Å²) in [6.07, 6.45) is 9.19. The van der Waals surface area contributed by atoms with Crippen molar-refractivity contribution in [2.75, 3.05) is 10.6 Å². The zero-order valence-electron chi connectivity index (χ0n) is 13.3. The molecule has 1 aliphatic rings. The molecule has 122 valence electrons. The molecule has 0 atom stereocenters. The van der Waals surface area contributed by atoms with Gasteiger partial charge in [-0.3, -0.25) is 9.78 Å². The van der Waals surface area contributed by atoms with Crippen molar-refractivity contribution < 1.29 is 9.32 Å². The predicted octanol–water partition coefficient (Wildman–Crippen LogP) is 3.77. The van der Waals surface area contributed by atoms with Gasteiger partial charge in [-0.1, -0.05) is 30.8 Å². The van der Waals surface area contributed by atoms with Gasteiger partial charge in [-0.15, -0.1) is 0 Å². The van der Waals surface area contributed by atoms with Gasteiger partial charge in [0.2, 0.25) is 0 Å². The third kappa shape index (κ3) is 4.31. The first-order valence-electron chi connectivity index (χ1n) is 8.18. The fourth-order valence-corrected chi connectivity index (χ4v) is 2.91. The first-order valence-corrected chi connectivity index (χ1v) is 8.18. The van der Waals surface area contributed by atoms with Crippen LogP contribution in [0.4, 0.5) is 11.5 Å². The number of aryl methyl sites for hydroxylation is 1. The predicted molar refractivity (Wildman–Crippen MR) is 88.5 cm³/mol. The van der Waals surface area contributed by atoms with Gasteiger partial charge in [0, 0.05) is 24.0 Å². The summed E-state index contributed by atoms with van der Waals surface area (Å²) in [5.41, 5.74) is 1.30. The number of anilines is 2. The van der Waals surface area contributed by atoms with Crippen molar-refractivity contribution in [2.45, 2.75) is 51.5 Å². The number of hydrogen-bond acceptors (Lipinski definition) is 5. The Kier molecular flexibility index (Phi) is 4.90. The molecule has 2 aromatic rings. The lowest BCUT2D eigenvalue weighted by Gasteiger charge is -2.17. The van der Waals surface area contributed by atoms with Crippen LogP contribution < -0.4 is 10.6 Å². The normalized spacial score (nSPS) is 15.9. The van der Waals surface area contributed by atoms with Crippen LogP contribution in [0, 0.1) is 6.92 Å². The summed E-state index contributed by atoms with van der Waals surface area (Å²) < 4.78 is 4.94. The van der Waals surface area contributed by atoms with Crippen molar-refractivity contribution in [2.24, 2.45) is 0 Å². The maximum absolute atomic E-state index is 12.2. The highest BCUT2D eigenvalue weighted by atomic mass is 16.5. The Hall–Kier alpha value is -2.37. The number of aromatic nitrogens is 2. The van der Waals surface area contributed by atoms with Crippen molar-refractivity contribution in [1.29, 1.82) is 0 Å². The number of carbonyl (C=O) groups is 1. The first kappa shape index (κ1) is 15.5. The maximum atomic E-state index is 12.2. The van der Waals surface area contributed by atoms with Crippen LogP contribution in [0.2, 0.25) is 0 Å². The lowest BCUT2D eigenvalue weighted by Crippen LogP contribution is -2.19. The summed E-state index contributed by atoms with van der Waals surface area (Å²) in [6, 6.07) is 5.84. The minimum atomic E-state index is -0.289. The van der Waals surface area contributed by atoms with Crippen LogP contribution in [0.25, 0.3) is 0 Å². The number of hydrogen-bond donors (Lipinski definition) is 2. The Morgan fingerprint density at radius 2 is 2.00 bits per heavy atom. The third-order valence-electron chi connectivity index (χ3n) is 4.09. The molecular formula is C17H22N4O2. The second-order valence-electron chi connectivity index (χ2n) is 6.04. The van der Waals surface area contributed by atoms with Crippen molar-refractivity contribution >= 4 is 17.4 Å². The molecule has 0 aliphatic heterocycles. The highest BCUT2D eigenvalue weighted by Crippen LogP contribution is 2.21. The van der Waals surface area contributed by atoms with Gasteiger partial charge in [-0.25, -0.2) is 0 Å². The number of nitrogens with zero attached hydrogens (tertiary/aromatic N) is 2. The van der Waals surface area contributed by atoms with Crippen LogP contribution in [-0.2, 0) is 0 Å². The molecule has 2 aromatic heterocycles. The zero-order chi connectivity index (χ0) is 16.1. The summed E-state index contributed by atoms with van der Waals surface area (Å²) in [7, 11) is 0. The molecule has 6 nitrogen and oxygen atoms in total. The molecule has 0 saturated heterocycles. The molecule has 0 aromatic carbocycles. The van der Waals surface area contributed by atoms with E-state index in [9.17, 15) is 4.79 Å². The molecule has 1 aliphatic carbocycles. The van der Waals surface area contributed by atoms with Crippen LogP contribution in [0.1, 0.15) is 54.8 Å². The number of rotatable bonds is 4. The standard InChI is InChI=1S/C17H22N4O2/c1-12-10-16(21-23-12)20-17(22)15-11-14(8-9-18-15)19-13-6-4-2-3-5-7-13/h8-11,13H,2-7H2,1H3,(H,18,19)(H,20,21,22). The van der Waals surface area contributed by atoms with Crippen molar-refractivity contribution in [3.05, 3.63) is 35.9 Å². The summed E-state index contributed by atoms with van der Waals surface area (Å²) in [4.78, 5) is 16.4. The van der Waals surface area contributed by atoms with Crippen molar-refractivity contribution in [3.8, 4) is 0 Å². The van der Waals surface area contributed by atoms with E-state index in [1.54, 1.807) is 25.3 Å². The summed E-state index contributed by atoms with van der Waals surface area (Å²) in [6.45, 7) is 1.78. The average molecular weight is 314 g/mol. The summed E-state index contributed by atoms with van der Waals surface area (Å²) in [5.74, 6) is 0.760. The topological polar surface area (TPSA) is 80.0 Å². The molecule has 0 unspecified atom stereocenters. The van der Waals surface area contributed by atoms with Gasteiger partial charge in [0.1, 0.15) is 11.5 Å². The SMILES string of the molecule is Cc1cc(NC(=O)c2cc(NC3CCCCCC3)ccn2)no1. The van der Waals surface area contributed by atoms with E-state index < -0.39 is 0 Å². The summed E-state index contributed by atoms with van der Waals surface area (Å²) >= 11 is 0. The van der Waals surface area contributed by atoms with Gasteiger partial charge < -0.3 is 15.2 Å². The molecule has 1 amide bonds. The molecule has 2 heterocycles. The van der Waals surface area contributed by atoms with Crippen LogP contribution in [0.3, 0.4) is 0 Å². The number of carbonyl (C=O) groups excluding carboxylic acids is 1. The van der Waals surface area contributed by atoms with E-state index in [1.807, 2.05) is 6.07 Å². The van der Waals surface area contributed by atoms with E-state index in [1.165, 1.54) is 38.5 Å². The second kappa shape index (κ2) is 7.26. The van der Waals surface area contributed by atoms with Gasteiger partial charge in [0.15, 0.2) is 5.82 Å². The smallest absolute Gasteiger partial charge is 0.275 e. The highest BCUT2D eigenvalue weighted by Gasteiger charge is 2.14. The van der Waals surface area contributed by atoms with Crippen LogP contribution in [-0.4, -0.2) is 22.1 Å². The van der Waals surface area contributed by atoms with Gasteiger partial charge in [0.25, 0.3) is 5.91 Å². The molecule has 23 heavy (non-hydrogen) atoms. The zero-order valence-corrected chi connectivity index (χ0v) is 13.3. The molecule has 0 bridgehead atoms. The molecule has 3 rings (SSSR count). The fraction of sp³-hybridized carbons (Fsp3) is 0.471. The quantitative estimate of drug-likeness (QED) is 0.840. The molecule has 1 saturated carbocycles. The fourth-order valence-electron chi connectivity index (χ4n) is 2.91. The Bertz CT molecular complexity index is 660. The Labute approximate surface area is 135 Å². The Morgan fingerprint density at radius 1 is 1.22 bits per heavy atom. The lowest BCUT2D eigenvalue weighted by atomic mass is 10.1. The van der Waals surface area contributed by atoms with Gasteiger partial charge in [-0.05, 0) is 31.9 Å². The largest absolute Gasteiger partial charge is 0.382 e. The number of amides is 1. The van der Waals surface area contributed by atoms with Crippen molar-refractivity contribution in [1.82, 2.24) is 10.1 Å². The van der Waals surface area contributed by atoms with Crippen LogP contribution >= 0.6 is 0 Å². The first-order chi connectivity index (χ1) is 11.2. The molecular weight excluding hydrogens is 292 g/mol. The summed E-state index contributed by atoms with van der Waals surface area (Å²) in [5, 5.41) is 9.97. The number of nitrogens with one attached hydrogen (secondary N) is 2. The molecule has 0 radical (unpaired) electrons. The van der Waals surface area contributed by atoms with Gasteiger partial charge >= 0.3 is 0 Å². The lowest BCUT2D eigenvalue weighted by molar-refractivity contribution is 0.102. The van der Waals surface area contributed by atoms with Crippen LogP contribution in [0.15, 0.2) is 28.9 Å².